The van der Waals surface area contributed by atoms with Crippen LogP contribution in [0.5, 0.6) is 5.75 Å². The zero-order chi connectivity index (χ0) is 29.7. The van der Waals surface area contributed by atoms with Gasteiger partial charge in [-0.3, -0.25) is 19.2 Å². The van der Waals surface area contributed by atoms with Crippen LogP contribution >= 0.6 is 11.6 Å². The van der Waals surface area contributed by atoms with E-state index in [1.165, 1.54) is 6.92 Å². The molecule has 5 atom stereocenters. The summed E-state index contributed by atoms with van der Waals surface area (Å²) in [7, 11) is 0. The second-order valence-corrected chi connectivity index (χ2v) is 12.3. The number of carbonyl (C=O) groups is 4. The second kappa shape index (κ2) is 13.4. The number of nitrogens with two attached hydrogens (primary N) is 2. The molecule has 5 N–H and O–H groups in total. The van der Waals surface area contributed by atoms with Gasteiger partial charge < -0.3 is 31.3 Å². The molecule has 11 heteroatoms. The molecule has 3 aliphatic rings. The Labute approximate surface area is 247 Å². The van der Waals surface area contributed by atoms with E-state index in [1.807, 2.05) is 24.0 Å². The van der Waals surface area contributed by atoms with Crippen molar-refractivity contribution in [2.45, 2.75) is 89.3 Å². The average Bonchev–Trinajstić information content (AvgIpc) is 3.46. The highest BCUT2D eigenvalue weighted by Gasteiger charge is 2.66. The van der Waals surface area contributed by atoms with E-state index in [0.717, 1.165) is 44.1 Å². The largest absolute Gasteiger partial charge is 0.490 e. The Kier molecular flexibility index (Phi) is 10.2. The van der Waals surface area contributed by atoms with Gasteiger partial charge in [-0.05, 0) is 63.1 Å². The summed E-state index contributed by atoms with van der Waals surface area (Å²) in [6, 6.07) is 4.55. The lowest BCUT2D eigenvalue weighted by molar-refractivity contribution is -0.147. The van der Waals surface area contributed by atoms with E-state index in [0.29, 0.717) is 43.2 Å². The third kappa shape index (κ3) is 7.15. The van der Waals surface area contributed by atoms with Crippen LogP contribution in [0.2, 0.25) is 5.02 Å². The van der Waals surface area contributed by atoms with E-state index >= 15 is 0 Å². The Bertz CT molecular complexity index is 1150. The third-order valence-electron chi connectivity index (χ3n) is 8.90. The molecule has 41 heavy (non-hydrogen) atoms. The first-order valence-electron chi connectivity index (χ1n) is 14.8. The standard InChI is InChI=1S/C30H44ClN5O5/c1-19-16-35(20(2)37)17-22-15-30(22)13-12-24(36(30)29(19)40)28(39)34-23(10-11-26(33)38)18-41-25-9-6-8-21(27(25)31)7-4-3-5-14-32/h6,8-9,19,22-24H,3-5,7,10-18,32H2,1-2H3,(H2,33,38)(H,34,39)/t19?,22?,23?,24-,30?/m0/s1. The monoisotopic (exact) mass is 589 g/mol. The van der Waals surface area contributed by atoms with Crippen LogP contribution in [0.4, 0.5) is 0 Å². The number of ether oxygens (including phenoxy) is 1. The van der Waals surface area contributed by atoms with Crippen molar-refractivity contribution in [2.75, 3.05) is 26.2 Å². The van der Waals surface area contributed by atoms with E-state index in [9.17, 15) is 19.2 Å². The van der Waals surface area contributed by atoms with Gasteiger partial charge in [0.05, 0.1) is 17.0 Å². The van der Waals surface area contributed by atoms with Crippen LogP contribution in [-0.4, -0.2) is 77.3 Å². The summed E-state index contributed by atoms with van der Waals surface area (Å²) in [6.07, 6.45) is 6.26. The highest BCUT2D eigenvalue weighted by molar-refractivity contribution is 6.32. The molecule has 0 aromatic heterocycles. The van der Waals surface area contributed by atoms with Gasteiger partial charge in [0.2, 0.25) is 23.6 Å². The van der Waals surface area contributed by atoms with Crippen molar-refractivity contribution in [3.63, 3.8) is 0 Å². The van der Waals surface area contributed by atoms with E-state index in [4.69, 9.17) is 27.8 Å². The first kappa shape index (κ1) is 31.1. The molecule has 0 bridgehead atoms. The van der Waals surface area contributed by atoms with Crippen LogP contribution in [0.15, 0.2) is 18.2 Å². The Hall–Kier alpha value is -2.85. The lowest BCUT2D eigenvalue weighted by atomic mass is 10.0. The van der Waals surface area contributed by atoms with Crippen LogP contribution in [0.25, 0.3) is 0 Å². The van der Waals surface area contributed by atoms with Gasteiger partial charge >= 0.3 is 0 Å². The van der Waals surface area contributed by atoms with Gasteiger partial charge in [0.1, 0.15) is 18.4 Å². The highest BCUT2D eigenvalue weighted by Crippen LogP contribution is 2.58. The van der Waals surface area contributed by atoms with Crippen molar-refractivity contribution in [1.82, 2.24) is 15.1 Å². The summed E-state index contributed by atoms with van der Waals surface area (Å²) >= 11 is 6.65. The van der Waals surface area contributed by atoms with E-state index in [1.54, 1.807) is 11.0 Å². The summed E-state index contributed by atoms with van der Waals surface area (Å²) in [5.74, 6) is -0.535. The van der Waals surface area contributed by atoms with Gasteiger partial charge in [-0.2, -0.15) is 0 Å². The molecule has 2 aliphatic heterocycles. The number of unbranched alkanes of at least 4 members (excludes halogenated alkanes) is 2. The predicted molar refractivity (Wildman–Crippen MR) is 156 cm³/mol. The number of nitrogens with zero attached hydrogens (tertiary/aromatic N) is 2. The quantitative estimate of drug-likeness (QED) is 0.301. The van der Waals surface area contributed by atoms with Crippen molar-refractivity contribution < 1.29 is 23.9 Å². The van der Waals surface area contributed by atoms with Gasteiger partial charge in [-0.1, -0.05) is 37.1 Å². The van der Waals surface area contributed by atoms with Crippen LogP contribution in [0.3, 0.4) is 0 Å². The number of hydrogen-bond acceptors (Lipinski definition) is 6. The second-order valence-electron chi connectivity index (χ2n) is 11.9. The molecule has 2 saturated heterocycles. The molecule has 1 spiro atoms. The number of amides is 4. The van der Waals surface area contributed by atoms with Gasteiger partial charge in [0.15, 0.2) is 0 Å². The molecular weight excluding hydrogens is 546 g/mol. The summed E-state index contributed by atoms with van der Waals surface area (Å²) in [5.41, 5.74) is 11.6. The highest BCUT2D eigenvalue weighted by atomic mass is 35.5. The van der Waals surface area contributed by atoms with Crippen molar-refractivity contribution in [3.8, 4) is 5.75 Å². The molecule has 1 aromatic rings. The van der Waals surface area contributed by atoms with Crippen LogP contribution in [-0.2, 0) is 25.6 Å². The summed E-state index contributed by atoms with van der Waals surface area (Å²) in [4.78, 5) is 54.5. The van der Waals surface area contributed by atoms with Crippen molar-refractivity contribution in [3.05, 3.63) is 28.8 Å². The van der Waals surface area contributed by atoms with E-state index in [-0.39, 0.29) is 42.2 Å². The molecule has 10 nitrogen and oxygen atoms in total. The van der Waals surface area contributed by atoms with Gasteiger partial charge in [0, 0.05) is 37.9 Å². The first-order chi connectivity index (χ1) is 19.6. The number of benzene rings is 1. The minimum absolute atomic E-state index is 0.0260. The van der Waals surface area contributed by atoms with Crippen molar-refractivity contribution in [2.24, 2.45) is 23.3 Å². The molecule has 1 aliphatic carbocycles. The van der Waals surface area contributed by atoms with Crippen LogP contribution < -0.4 is 21.5 Å². The SMILES string of the molecule is CC(=O)N1CC(C)C(=O)N2[C@H](C(=O)NC(CCC(N)=O)COc3cccc(CCCCCN)c3Cl)CCC23CC3C1. The molecule has 4 unspecified atom stereocenters. The van der Waals surface area contributed by atoms with Gasteiger partial charge in [-0.25, -0.2) is 0 Å². The number of primary amides is 1. The molecule has 2 heterocycles. The van der Waals surface area contributed by atoms with E-state index in [2.05, 4.69) is 5.32 Å². The van der Waals surface area contributed by atoms with Gasteiger partial charge in [0.25, 0.3) is 0 Å². The maximum atomic E-state index is 13.7. The first-order valence-corrected chi connectivity index (χ1v) is 15.2. The van der Waals surface area contributed by atoms with Crippen LogP contribution in [0.1, 0.15) is 70.8 Å². The number of halogens is 1. The van der Waals surface area contributed by atoms with Gasteiger partial charge in [-0.15, -0.1) is 0 Å². The average molecular weight is 590 g/mol. The third-order valence-corrected chi connectivity index (χ3v) is 9.33. The number of carbonyl (C=O) groups excluding carboxylic acids is 4. The number of nitrogens with one attached hydrogen (secondary N) is 1. The van der Waals surface area contributed by atoms with Crippen molar-refractivity contribution in [1.29, 1.82) is 0 Å². The minimum atomic E-state index is -0.602. The number of hydrogen-bond donors (Lipinski definition) is 3. The smallest absolute Gasteiger partial charge is 0.243 e. The summed E-state index contributed by atoms with van der Waals surface area (Å²) in [5, 5.41) is 3.59. The molecule has 1 aromatic carbocycles. The predicted octanol–water partition coefficient (Wildman–Crippen LogP) is 2.39. The molecule has 3 fully saturated rings. The Balaban J connectivity index is 1.43. The zero-order valence-electron chi connectivity index (χ0n) is 24.2. The molecule has 226 valence electrons. The maximum absolute atomic E-state index is 13.7. The van der Waals surface area contributed by atoms with E-state index < -0.39 is 23.9 Å². The van der Waals surface area contributed by atoms with Crippen LogP contribution in [0, 0.1) is 11.8 Å². The number of rotatable bonds is 13. The Morgan fingerprint density at radius 3 is 2.71 bits per heavy atom. The normalized spacial score (nSPS) is 26.0. The summed E-state index contributed by atoms with van der Waals surface area (Å²) < 4.78 is 6.07. The molecule has 4 rings (SSSR count). The zero-order valence-corrected chi connectivity index (χ0v) is 25.0. The fraction of sp³-hybridized carbons (Fsp3) is 0.667. The van der Waals surface area contributed by atoms with Crippen molar-refractivity contribution >= 4 is 35.2 Å². The Morgan fingerprint density at radius 2 is 2.00 bits per heavy atom. The Morgan fingerprint density at radius 1 is 1.22 bits per heavy atom. The fourth-order valence-corrected chi connectivity index (χ4v) is 6.79. The molecule has 4 amide bonds. The lowest BCUT2D eigenvalue weighted by Crippen LogP contribution is -2.56. The molecular formula is C30H44ClN5O5. The fourth-order valence-electron chi connectivity index (χ4n) is 6.51. The summed E-state index contributed by atoms with van der Waals surface area (Å²) in [6.45, 7) is 5.10. The molecule has 1 saturated carbocycles. The number of aryl methyl sites for hydroxylation is 1. The minimum Gasteiger partial charge on any atom is -0.490 e. The topological polar surface area (TPSA) is 148 Å². The lowest BCUT2D eigenvalue weighted by Gasteiger charge is -2.38. The molecule has 0 radical (unpaired) electrons. The maximum Gasteiger partial charge on any atom is 0.243 e.